The minimum atomic E-state index is -0.204. The fourth-order valence-electron chi connectivity index (χ4n) is 2.02. The summed E-state index contributed by atoms with van der Waals surface area (Å²) in [6.07, 6.45) is 1.59. The molecule has 2 aromatic heterocycles. The SMILES string of the molecule is COc1cc(NC(=O)CSc2nc3cc(Cl)ncc3[nH]2)ccc1O. The van der Waals surface area contributed by atoms with Crippen molar-refractivity contribution in [3.05, 3.63) is 35.6 Å². The van der Waals surface area contributed by atoms with Crippen LogP contribution in [0, 0.1) is 0 Å². The number of phenols is 1. The molecule has 1 amide bonds. The third kappa shape index (κ3) is 3.72. The van der Waals surface area contributed by atoms with Gasteiger partial charge in [-0.25, -0.2) is 9.97 Å². The number of benzene rings is 1. The van der Waals surface area contributed by atoms with E-state index in [0.717, 1.165) is 5.52 Å². The Kier molecular flexibility index (Phi) is 4.77. The summed E-state index contributed by atoms with van der Waals surface area (Å²) in [5.41, 5.74) is 1.99. The quantitative estimate of drug-likeness (QED) is 0.365. The smallest absolute Gasteiger partial charge is 0.234 e. The number of thioether (sulfide) groups is 1. The molecule has 2 heterocycles. The van der Waals surface area contributed by atoms with E-state index in [9.17, 15) is 9.90 Å². The molecule has 0 spiro atoms. The molecule has 3 rings (SSSR count). The maximum atomic E-state index is 12.0. The highest BCUT2D eigenvalue weighted by Crippen LogP contribution is 2.28. The summed E-state index contributed by atoms with van der Waals surface area (Å²) in [7, 11) is 1.44. The van der Waals surface area contributed by atoms with Gasteiger partial charge in [0.1, 0.15) is 5.15 Å². The molecule has 0 aliphatic heterocycles. The molecule has 0 saturated carbocycles. The minimum Gasteiger partial charge on any atom is -0.504 e. The number of nitrogens with one attached hydrogen (secondary N) is 2. The zero-order valence-electron chi connectivity index (χ0n) is 12.5. The van der Waals surface area contributed by atoms with Gasteiger partial charge in [0.2, 0.25) is 5.91 Å². The summed E-state index contributed by atoms with van der Waals surface area (Å²) >= 11 is 7.08. The number of carbonyl (C=O) groups excluding carboxylic acids is 1. The summed E-state index contributed by atoms with van der Waals surface area (Å²) in [4.78, 5) is 23.4. The Balaban J connectivity index is 1.62. The average molecular weight is 365 g/mol. The Morgan fingerprint density at radius 3 is 3.08 bits per heavy atom. The van der Waals surface area contributed by atoms with Crippen LogP contribution in [0.2, 0.25) is 5.15 Å². The van der Waals surface area contributed by atoms with Gasteiger partial charge < -0.3 is 20.1 Å². The first kappa shape index (κ1) is 16.4. The van der Waals surface area contributed by atoms with E-state index in [2.05, 4.69) is 20.3 Å². The normalized spacial score (nSPS) is 10.8. The summed E-state index contributed by atoms with van der Waals surface area (Å²) in [5, 5.41) is 13.2. The lowest BCUT2D eigenvalue weighted by molar-refractivity contribution is -0.113. The third-order valence-electron chi connectivity index (χ3n) is 3.12. The Morgan fingerprint density at radius 1 is 1.46 bits per heavy atom. The molecule has 0 aliphatic rings. The van der Waals surface area contributed by atoms with Crippen molar-refractivity contribution in [1.29, 1.82) is 0 Å². The number of aromatic nitrogens is 3. The number of rotatable bonds is 5. The first-order chi connectivity index (χ1) is 11.5. The van der Waals surface area contributed by atoms with Crippen LogP contribution in [-0.4, -0.2) is 38.8 Å². The van der Waals surface area contributed by atoms with Crippen molar-refractivity contribution in [2.45, 2.75) is 5.16 Å². The van der Waals surface area contributed by atoms with Gasteiger partial charge in [-0.15, -0.1) is 0 Å². The number of nitrogens with zero attached hydrogens (tertiary/aromatic N) is 2. The summed E-state index contributed by atoms with van der Waals surface area (Å²) in [5.74, 6) is 0.273. The summed E-state index contributed by atoms with van der Waals surface area (Å²) in [6.45, 7) is 0. The van der Waals surface area contributed by atoms with Crippen LogP contribution in [0.3, 0.4) is 0 Å². The number of ether oxygens (including phenoxy) is 1. The lowest BCUT2D eigenvalue weighted by Crippen LogP contribution is -2.14. The molecule has 7 nitrogen and oxygen atoms in total. The molecule has 24 heavy (non-hydrogen) atoms. The van der Waals surface area contributed by atoms with E-state index in [4.69, 9.17) is 16.3 Å². The molecule has 0 unspecified atom stereocenters. The van der Waals surface area contributed by atoms with E-state index >= 15 is 0 Å². The number of phenolic OH excluding ortho intramolecular Hbond substituents is 1. The Hall–Kier alpha value is -2.45. The van der Waals surface area contributed by atoms with E-state index < -0.39 is 0 Å². The molecule has 0 radical (unpaired) electrons. The largest absolute Gasteiger partial charge is 0.504 e. The van der Waals surface area contributed by atoms with Gasteiger partial charge in [0.25, 0.3) is 0 Å². The van der Waals surface area contributed by atoms with Gasteiger partial charge in [0.15, 0.2) is 16.7 Å². The molecule has 3 N–H and O–H groups in total. The molecule has 9 heteroatoms. The number of aromatic amines is 1. The molecule has 0 saturated heterocycles. The number of methoxy groups -OCH3 is 1. The molecular formula is C15H13ClN4O3S. The molecule has 0 bridgehead atoms. The molecule has 3 aromatic rings. The zero-order chi connectivity index (χ0) is 17.1. The van der Waals surface area contributed by atoms with Crippen LogP contribution >= 0.6 is 23.4 Å². The second kappa shape index (κ2) is 6.98. The number of imidazole rings is 1. The van der Waals surface area contributed by atoms with Crippen molar-refractivity contribution in [2.75, 3.05) is 18.2 Å². The number of fused-ring (bicyclic) bond motifs is 1. The molecule has 1 aromatic carbocycles. The zero-order valence-corrected chi connectivity index (χ0v) is 14.1. The van der Waals surface area contributed by atoms with E-state index in [1.807, 2.05) is 0 Å². The summed E-state index contributed by atoms with van der Waals surface area (Å²) in [6, 6.07) is 6.25. The van der Waals surface area contributed by atoms with Crippen LogP contribution in [0.15, 0.2) is 35.6 Å². The molecule has 0 aliphatic carbocycles. The van der Waals surface area contributed by atoms with Gasteiger partial charge in [-0.2, -0.15) is 0 Å². The van der Waals surface area contributed by atoms with Crippen LogP contribution < -0.4 is 10.1 Å². The average Bonchev–Trinajstić information content (AvgIpc) is 2.96. The van der Waals surface area contributed by atoms with Crippen LogP contribution in [-0.2, 0) is 4.79 Å². The van der Waals surface area contributed by atoms with E-state index in [-0.39, 0.29) is 17.4 Å². The second-order valence-electron chi connectivity index (χ2n) is 4.79. The number of H-pyrrole nitrogens is 1. The Morgan fingerprint density at radius 2 is 2.29 bits per heavy atom. The number of anilines is 1. The van der Waals surface area contributed by atoms with Crippen molar-refractivity contribution in [2.24, 2.45) is 0 Å². The van der Waals surface area contributed by atoms with Gasteiger partial charge in [-0.05, 0) is 12.1 Å². The minimum absolute atomic E-state index is 0.0134. The Bertz CT molecular complexity index is 900. The number of carbonyl (C=O) groups is 1. The maximum Gasteiger partial charge on any atom is 0.234 e. The number of pyridine rings is 1. The fraction of sp³-hybridized carbons (Fsp3) is 0.133. The van der Waals surface area contributed by atoms with Crippen LogP contribution in [0.25, 0.3) is 11.0 Å². The highest BCUT2D eigenvalue weighted by Gasteiger charge is 2.09. The Labute approximate surface area is 146 Å². The molecular weight excluding hydrogens is 352 g/mol. The van der Waals surface area contributed by atoms with Crippen molar-refractivity contribution in [3.8, 4) is 11.5 Å². The van der Waals surface area contributed by atoms with Crippen molar-refractivity contribution in [1.82, 2.24) is 15.0 Å². The predicted molar refractivity (Wildman–Crippen MR) is 92.9 cm³/mol. The first-order valence-corrected chi connectivity index (χ1v) is 8.22. The molecule has 0 atom stereocenters. The van der Waals surface area contributed by atoms with Gasteiger partial charge in [0, 0.05) is 17.8 Å². The predicted octanol–water partition coefficient (Wildman–Crippen LogP) is 3.06. The van der Waals surface area contributed by atoms with E-state index in [1.54, 1.807) is 24.4 Å². The first-order valence-electron chi connectivity index (χ1n) is 6.86. The number of halogens is 1. The van der Waals surface area contributed by atoms with Crippen molar-refractivity contribution in [3.63, 3.8) is 0 Å². The van der Waals surface area contributed by atoms with Gasteiger partial charge in [-0.1, -0.05) is 23.4 Å². The van der Waals surface area contributed by atoms with Gasteiger partial charge >= 0.3 is 0 Å². The fourth-order valence-corrected chi connectivity index (χ4v) is 2.85. The van der Waals surface area contributed by atoms with Crippen LogP contribution in [0.5, 0.6) is 11.5 Å². The number of aromatic hydroxyl groups is 1. The van der Waals surface area contributed by atoms with Crippen LogP contribution in [0.1, 0.15) is 0 Å². The highest BCUT2D eigenvalue weighted by molar-refractivity contribution is 7.99. The highest BCUT2D eigenvalue weighted by atomic mass is 35.5. The second-order valence-corrected chi connectivity index (χ2v) is 6.14. The molecule has 124 valence electrons. The summed E-state index contributed by atoms with van der Waals surface area (Å²) < 4.78 is 5.00. The third-order valence-corrected chi connectivity index (χ3v) is 4.20. The van der Waals surface area contributed by atoms with Gasteiger partial charge in [-0.3, -0.25) is 4.79 Å². The number of amides is 1. The van der Waals surface area contributed by atoms with E-state index in [1.165, 1.54) is 24.9 Å². The maximum absolute atomic E-state index is 12.0. The van der Waals surface area contributed by atoms with Crippen molar-refractivity contribution >= 4 is 46.0 Å². The lowest BCUT2D eigenvalue weighted by Gasteiger charge is -2.07. The number of hydrogen-bond acceptors (Lipinski definition) is 6. The van der Waals surface area contributed by atoms with E-state index in [0.29, 0.717) is 27.3 Å². The standard InChI is InChI=1S/C15H13ClN4O3S/c1-23-12-4-8(2-3-11(12)21)18-14(22)7-24-15-19-9-5-13(16)17-6-10(9)20-15/h2-6,21H,7H2,1H3,(H,18,22)(H,19,20). The number of hydrogen-bond donors (Lipinski definition) is 3. The van der Waals surface area contributed by atoms with Crippen molar-refractivity contribution < 1.29 is 14.6 Å². The van der Waals surface area contributed by atoms with Crippen LogP contribution in [0.4, 0.5) is 5.69 Å². The lowest BCUT2D eigenvalue weighted by atomic mass is 10.3. The molecule has 0 fully saturated rings. The van der Waals surface area contributed by atoms with Gasteiger partial charge in [0.05, 0.1) is 30.1 Å². The topological polar surface area (TPSA) is 100 Å². The monoisotopic (exact) mass is 364 g/mol.